The Labute approximate surface area is 394 Å². The number of ether oxygens (including phenoxy) is 2. The summed E-state index contributed by atoms with van der Waals surface area (Å²) in [6.07, 6.45) is 4.28. The number of aliphatic hydroxyl groups excluding tert-OH is 1. The maximum atomic E-state index is 14.1. The van der Waals surface area contributed by atoms with E-state index in [-0.39, 0.29) is 23.8 Å². The molecule has 1 aliphatic heterocycles. The van der Waals surface area contributed by atoms with Gasteiger partial charge < -0.3 is 40.1 Å². The number of H-pyrrole nitrogens is 2. The van der Waals surface area contributed by atoms with E-state index in [1.54, 1.807) is 0 Å². The van der Waals surface area contributed by atoms with Gasteiger partial charge >= 0.3 is 12.2 Å². The number of alkyl carbamates (subject to hydrolysis) is 2. The molecule has 3 amide bonds. The summed E-state index contributed by atoms with van der Waals surface area (Å²) in [5, 5.41) is 19.8. The van der Waals surface area contributed by atoms with Crippen molar-refractivity contribution in [3.8, 4) is 22.3 Å². The standard InChI is InChI=1S/C55H55N7O6/c1-67-54(65)60-47(35-13-6-3-7-14-35)50(63)41-17-10-5-11-18-42(41)51-56-43-28-25-38(32-45(43)58-51)34-22-20-33(21-23-34)37-24-27-40-39(31-37)26-29-44-49(40)59-52(57-44)46-19-12-30-62(46)53(64)48(61-55(66)68-2)36-15-8-4-9-16-36/h3-4,6-9,13-16,20-29,31-32,41-42,46-48,50,63H,5,10-12,17-19,30H2,1-2H3,(H,56,58)(H,57,59)(H,60,65)(H,61,66)/t41?,42-,46?,47+,48+,50?/m1/s1. The second-order valence-electron chi connectivity index (χ2n) is 18.0. The first-order chi connectivity index (χ1) is 33.3. The monoisotopic (exact) mass is 909 g/mol. The predicted molar refractivity (Wildman–Crippen MR) is 263 cm³/mol. The zero-order chi connectivity index (χ0) is 46.7. The largest absolute Gasteiger partial charge is 0.453 e. The molecule has 0 bridgehead atoms. The molecular formula is C55H55N7O6. The second kappa shape index (κ2) is 19.4. The van der Waals surface area contributed by atoms with E-state index in [0.717, 1.165) is 117 Å². The fourth-order valence-corrected chi connectivity index (χ4v) is 10.5. The Balaban J connectivity index is 0.868. The van der Waals surface area contributed by atoms with Crippen molar-refractivity contribution in [3.63, 3.8) is 0 Å². The van der Waals surface area contributed by atoms with Crippen LogP contribution >= 0.6 is 0 Å². The Morgan fingerprint density at radius 3 is 2.03 bits per heavy atom. The number of methoxy groups -OCH3 is 2. The van der Waals surface area contributed by atoms with Crippen LogP contribution < -0.4 is 10.6 Å². The molecular weight excluding hydrogens is 855 g/mol. The van der Waals surface area contributed by atoms with Crippen LogP contribution in [0.25, 0.3) is 55.1 Å². The van der Waals surface area contributed by atoms with Gasteiger partial charge in [0.25, 0.3) is 5.91 Å². The lowest BCUT2D eigenvalue weighted by Crippen LogP contribution is -2.42. The highest BCUT2D eigenvalue weighted by molar-refractivity contribution is 6.05. The highest BCUT2D eigenvalue weighted by atomic mass is 16.5. The predicted octanol–water partition coefficient (Wildman–Crippen LogP) is 10.8. The van der Waals surface area contributed by atoms with Crippen LogP contribution in [0.15, 0.2) is 133 Å². The first-order valence-electron chi connectivity index (χ1n) is 23.6. The fourth-order valence-electron chi connectivity index (χ4n) is 10.5. The van der Waals surface area contributed by atoms with E-state index in [9.17, 15) is 19.5 Å². The summed E-state index contributed by atoms with van der Waals surface area (Å²) in [5.41, 5.74) is 9.39. The van der Waals surface area contributed by atoms with E-state index in [0.29, 0.717) is 12.1 Å². The molecule has 10 rings (SSSR count). The molecule has 3 unspecified atom stereocenters. The number of imidazole rings is 2. The minimum atomic E-state index is -0.887. The van der Waals surface area contributed by atoms with Gasteiger partial charge in [0.05, 0.1) is 54.5 Å². The van der Waals surface area contributed by atoms with Crippen LogP contribution in [-0.4, -0.2) is 74.9 Å². The quantitative estimate of drug-likeness (QED) is 0.0797. The fraction of sp³-hybridized carbons (Fsp3) is 0.291. The van der Waals surface area contributed by atoms with Crippen molar-refractivity contribution >= 4 is 50.9 Å². The van der Waals surface area contributed by atoms with E-state index in [2.05, 4.69) is 87.3 Å². The summed E-state index contributed by atoms with van der Waals surface area (Å²) in [7, 11) is 2.63. The van der Waals surface area contributed by atoms with Crippen molar-refractivity contribution < 1.29 is 29.0 Å². The molecule has 0 radical (unpaired) electrons. The van der Waals surface area contributed by atoms with Crippen molar-refractivity contribution in [2.75, 3.05) is 20.8 Å². The molecule has 1 saturated carbocycles. The molecule has 2 aliphatic rings. The maximum absolute atomic E-state index is 14.1. The Hall–Kier alpha value is -7.51. The first kappa shape index (κ1) is 44.3. The normalized spacial score (nSPS) is 18.8. The number of hydrogen-bond acceptors (Lipinski definition) is 8. The van der Waals surface area contributed by atoms with E-state index in [1.165, 1.54) is 14.2 Å². The van der Waals surface area contributed by atoms with Gasteiger partial charge in [-0.2, -0.15) is 0 Å². The lowest BCUT2D eigenvalue weighted by molar-refractivity contribution is -0.134. The van der Waals surface area contributed by atoms with Crippen LogP contribution in [0.1, 0.15) is 91.8 Å². The second-order valence-corrected chi connectivity index (χ2v) is 18.0. The van der Waals surface area contributed by atoms with Crippen molar-refractivity contribution in [1.29, 1.82) is 0 Å². The van der Waals surface area contributed by atoms with Gasteiger partial charge in [-0.25, -0.2) is 19.6 Å². The van der Waals surface area contributed by atoms with E-state index in [1.807, 2.05) is 71.6 Å². The number of nitrogens with zero attached hydrogens (tertiary/aromatic N) is 3. The van der Waals surface area contributed by atoms with Crippen LogP contribution in [-0.2, 0) is 14.3 Å². The van der Waals surface area contributed by atoms with E-state index >= 15 is 0 Å². The van der Waals surface area contributed by atoms with Crippen LogP contribution in [0.5, 0.6) is 0 Å². The van der Waals surface area contributed by atoms with Crippen molar-refractivity contribution in [2.45, 2.75) is 75.1 Å². The number of carbonyl (C=O) groups is 3. The van der Waals surface area contributed by atoms with Gasteiger partial charge in [-0.15, -0.1) is 0 Å². The molecule has 68 heavy (non-hydrogen) atoms. The van der Waals surface area contributed by atoms with Crippen LogP contribution in [0, 0.1) is 5.92 Å². The third-order valence-corrected chi connectivity index (χ3v) is 14.0. The molecule has 3 heterocycles. The molecule has 2 aromatic heterocycles. The molecule has 8 aromatic rings. The molecule has 13 heteroatoms. The van der Waals surface area contributed by atoms with Crippen LogP contribution in [0.3, 0.4) is 0 Å². The lowest BCUT2D eigenvalue weighted by atomic mass is 9.79. The molecule has 1 saturated heterocycles. The Morgan fingerprint density at radius 2 is 1.29 bits per heavy atom. The molecule has 346 valence electrons. The van der Waals surface area contributed by atoms with Crippen molar-refractivity contribution in [1.82, 2.24) is 35.5 Å². The Bertz CT molecular complexity index is 3080. The van der Waals surface area contributed by atoms with E-state index < -0.39 is 30.4 Å². The molecule has 13 nitrogen and oxygen atoms in total. The third-order valence-electron chi connectivity index (χ3n) is 14.0. The number of amides is 3. The number of carbonyl (C=O) groups excluding carboxylic acids is 3. The number of aromatic nitrogens is 4. The zero-order valence-corrected chi connectivity index (χ0v) is 38.2. The van der Waals surface area contributed by atoms with E-state index in [4.69, 9.17) is 19.4 Å². The molecule has 6 atom stereocenters. The average Bonchev–Trinajstić information content (AvgIpc) is 4.12. The van der Waals surface area contributed by atoms with Gasteiger partial charge in [0.2, 0.25) is 0 Å². The number of nitrogens with one attached hydrogen (secondary N) is 4. The highest BCUT2D eigenvalue weighted by Gasteiger charge is 2.39. The Morgan fingerprint density at radius 1 is 0.647 bits per heavy atom. The van der Waals surface area contributed by atoms with Crippen molar-refractivity contribution in [2.24, 2.45) is 5.92 Å². The highest BCUT2D eigenvalue weighted by Crippen LogP contribution is 2.42. The summed E-state index contributed by atoms with van der Waals surface area (Å²) in [6, 6.07) is 42.5. The third kappa shape index (κ3) is 8.89. The zero-order valence-electron chi connectivity index (χ0n) is 38.2. The topological polar surface area (TPSA) is 175 Å². The lowest BCUT2D eigenvalue weighted by Gasteiger charge is -2.34. The summed E-state index contributed by atoms with van der Waals surface area (Å²) < 4.78 is 9.84. The minimum absolute atomic E-state index is 0.0220. The number of likely N-dealkylation sites (tertiary alicyclic amines) is 1. The molecule has 2 fully saturated rings. The summed E-state index contributed by atoms with van der Waals surface area (Å²) in [6.45, 7) is 0.553. The molecule has 6 aromatic carbocycles. The number of aliphatic hydroxyl groups is 1. The van der Waals surface area contributed by atoms with Gasteiger partial charge in [-0.1, -0.05) is 128 Å². The SMILES string of the molecule is COC(=O)N[C@H](C(=O)N1CCCC1c1nc2c(ccc3cc(-c4ccc(-c5ccc6nc([C@@H]7CCCCCC7C(O)[C@@H](NC(=O)OC)c7ccccc7)[nH]c6c5)cc4)ccc32)[nH]1)c1ccccc1. The summed E-state index contributed by atoms with van der Waals surface area (Å²) in [5.74, 6) is 1.22. The molecule has 0 spiro atoms. The Kier molecular flexibility index (Phi) is 12.6. The number of fused-ring (bicyclic) bond motifs is 4. The first-order valence-corrected chi connectivity index (χ1v) is 23.6. The minimum Gasteiger partial charge on any atom is -0.453 e. The maximum Gasteiger partial charge on any atom is 0.407 e. The number of hydrogen-bond donors (Lipinski definition) is 5. The average molecular weight is 910 g/mol. The molecule has 5 N–H and O–H groups in total. The van der Waals surface area contributed by atoms with Crippen LogP contribution in [0.4, 0.5) is 9.59 Å². The number of benzene rings is 6. The van der Waals surface area contributed by atoms with Gasteiger partial charge in [-0.05, 0) is 94.6 Å². The number of rotatable bonds is 11. The summed E-state index contributed by atoms with van der Waals surface area (Å²) in [4.78, 5) is 58.1. The van der Waals surface area contributed by atoms with Gasteiger partial charge in [0, 0.05) is 17.8 Å². The number of aromatic amines is 2. The smallest absolute Gasteiger partial charge is 0.407 e. The van der Waals surface area contributed by atoms with Gasteiger partial charge in [-0.3, -0.25) is 4.79 Å². The van der Waals surface area contributed by atoms with Gasteiger partial charge in [0.1, 0.15) is 17.7 Å². The van der Waals surface area contributed by atoms with Crippen molar-refractivity contribution in [3.05, 3.63) is 156 Å². The van der Waals surface area contributed by atoms with Gasteiger partial charge in [0.15, 0.2) is 0 Å². The summed E-state index contributed by atoms with van der Waals surface area (Å²) >= 11 is 0. The molecule has 1 aliphatic carbocycles. The van der Waals surface area contributed by atoms with Crippen LogP contribution in [0.2, 0.25) is 0 Å².